The van der Waals surface area contributed by atoms with Crippen LogP contribution in [-0.2, 0) is 11.3 Å². The van der Waals surface area contributed by atoms with Crippen LogP contribution in [0.1, 0.15) is 43.4 Å². The molecule has 2 rings (SSSR count). The normalized spacial score (nSPS) is 17.1. The Hall–Kier alpha value is -0.340. The molecule has 0 saturated carbocycles. The molecular formula is C17H30IN3OS. The lowest BCUT2D eigenvalue weighted by atomic mass is 10.1. The van der Waals surface area contributed by atoms with E-state index in [0.29, 0.717) is 6.10 Å². The van der Waals surface area contributed by atoms with Crippen LogP contribution in [0.2, 0.25) is 0 Å². The Morgan fingerprint density at radius 3 is 2.48 bits per heavy atom. The first kappa shape index (κ1) is 20.7. The summed E-state index contributed by atoms with van der Waals surface area (Å²) in [5.74, 6) is 1.00. The minimum atomic E-state index is -0.0518. The van der Waals surface area contributed by atoms with Crippen molar-refractivity contribution in [1.29, 1.82) is 0 Å². The van der Waals surface area contributed by atoms with E-state index in [2.05, 4.69) is 55.0 Å². The van der Waals surface area contributed by atoms with E-state index >= 15 is 0 Å². The zero-order valence-electron chi connectivity index (χ0n) is 14.9. The minimum absolute atomic E-state index is 0. The number of likely N-dealkylation sites (tertiary alicyclic amines) is 1. The van der Waals surface area contributed by atoms with E-state index in [0.717, 1.165) is 38.4 Å². The second-order valence-electron chi connectivity index (χ2n) is 6.83. The highest BCUT2D eigenvalue weighted by molar-refractivity contribution is 14.0. The van der Waals surface area contributed by atoms with Crippen LogP contribution in [0, 0.1) is 6.92 Å². The zero-order chi connectivity index (χ0) is 16.2. The van der Waals surface area contributed by atoms with Crippen molar-refractivity contribution in [1.82, 2.24) is 10.2 Å². The number of rotatable bonds is 3. The molecule has 132 valence electrons. The Kier molecular flexibility index (Phi) is 8.30. The molecule has 4 nitrogen and oxygen atoms in total. The molecule has 0 bridgehead atoms. The van der Waals surface area contributed by atoms with E-state index in [4.69, 9.17) is 4.74 Å². The van der Waals surface area contributed by atoms with Gasteiger partial charge in [0.25, 0.3) is 0 Å². The third-order valence-corrected chi connectivity index (χ3v) is 4.69. The van der Waals surface area contributed by atoms with Crippen molar-refractivity contribution in [3.8, 4) is 0 Å². The van der Waals surface area contributed by atoms with Crippen molar-refractivity contribution in [3.05, 3.63) is 21.9 Å². The number of hydrogen-bond donors (Lipinski definition) is 1. The SMILES string of the molecule is CN=C(NCc1ccc(C)s1)N1CCC(OC(C)(C)C)CC1.I. The summed E-state index contributed by atoms with van der Waals surface area (Å²) in [6.07, 6.45) is 2.50. The maximum Gasteiger partial charge on any atom is 0.193 e. The highest BCUT2D eigenvalue weighted by atomic mass is 127. The first-order valence-corrected chi connectivity index (χ1v) is 8.88. The van der Waals surface area contributed by atoms with Gasteiger partial charge in [0.2, 0.25) is 0 Å². The summed E-state index contributed by atoms with van der Waals surface area (Å²) in [6, 6.07) is 4.35. The molecule has 0 radical (unpaired) electrons. The van der Waals surface area contributed by atoms with Gasteiger partial charge in [-0.05, 0) is 52.7 Å². The largest absolute Gasteiger partial charge is 0.372 e. The average Bonchev–Trinajstić information content (AvgIpc) is 2.85. The van der Waals surface area contributed by atoms with Gasteiger partial charge >= 0.3 is 0 Å². The molecular weight excluding hydrogens is 421 g/mol. The number of nitrogens with zero attached hydrogens (tertiary/aromatic N) is 2. The Bertz CT molecular complexity index is 502. The summed E-state index contributed by atoms with van der Waals surface area (Å²) in [5.41, 5.74) is -0.0518. The molecule has 1 aromatic rings. The molecule has 2 heterocycles. The van der Waals surface area contributed by atoms with Gasteiger partial charge in [-0.25, -0.2) is 0 Å². The highest BCUT2D eigenvalue weighted by Gasteiger charge is 2.25. The second kappa shape index (κ2) is 9.22. The van der Waals surface area contributed by atoms with Crippen LogP contribution in [0.4, 0.5) is 0 Å². The van der Waals surface area contributed by atoms with Crippen molar-refractivity contribution in [2.45, 2.75) is 58.8 Å². The number of halogens is 1. The van der Waals surface area contributed by atoms with Crippen LogP contribution in [0.25, 0.3) is 0 Å². The topological polar surface area (TPSA) is 36.9 Å². The fourth-order valence-corrected chi connectivity index (χ4v) is 3.59. The van der Waals surface area contributed by atoms with Crippen LogP contribution >= 0.6 is 35.3 Å². The Morgan fingerprint density at radius 1 is 1.35 bits per heavy atom. The summed E-state index contributed by atoms with van der Waals surface area (Å²) in [4.78, 5) is 9.47. The first-order valence-electron chi connectivity index (χ1n) is 8.06. The van der Waals surface area contributed by atoms with Crippen molar-refractivity contribution in [2.24, 2.45) is 4.99 Å². The van der Waals surface area contributed by atoms with Crippen molar-refractivity contribution in [3.63, 3.8) is 0 Å². The van der Waals surface area contributed by atoms with E-state index in [-0.39, 0.29) is 29.6 Å². The van der Waals surface area contributed by atoms with Gasteiger partial charge < -0.3 is 15.0 Å². The number of ether oxygens (including phenoxy) is 1. The summed E-state index contributed by atoms with van der Waals surface area (Å²) < 4.78 is 6.09. The fourth-order valence-electron chi connectivity index (χ4n) is 2.76. The van der Waals surface area contributed by atoms with Gasteiger partial charge in [0.1, 0.15) is 0 Å². The van der Waals surface area contributed by atoms with Gasteiger partial charge in [0.15, 0.2) is 5.96 Å². The maximum absolute atomic E-state index is 6.09. The molecule has 0 unspecified atom stereocenters. The molecule has 1 aliphatic heterocycles. The molecule has 0 atom stereocenters. The molecule has 23 heavy (non-hydrogen) atoms. The molecule has 0 spiro atoms. The Labute approximate surface area is 161 Å². The van der Waals surface area contributed by atoms with Crippen LogP contribution in [0.15, 0.2) is 17.1 Å². The molecule has 0 aliphatic carbocycles. The third-order valence-electron chi connectivity index (χ3n) is 3.69. The Morgan fingerprint density at radius 2 is 2.00 bits per heavy atom. The van der Waals surface area contributed by atoms with Gasteiger partial charge in [-0.1, -0.05) is 0 Å². The summed E-state index contributed by atoms with van der Waals surface area (Å²) in [7, 11) is 1.86. The van der Waals surface area contributed by atoms with Gasteiger partial charge in [-0.15, -0.1) is 35.3 Å². The number of nitrogens with one attached hydrogen (secondary N) is 1. The minimum Gasteiger partial charge on any atom is -0.372 e. The Balaban J connectivity index is 0.00000264. The highest BCUT2D eigenvalue weighted by Crippen LogP contribution is 2.20. The van der Waals surface area contributed by atoms with Crippen molar-refractivity contribution >= 4 is 41.3 Å². The quantitative estimate of drug-likeness (QED) is 0.429. The molecule has 1 aliphatic rings. The molecule has 6 heteroatoms. The van der Waals surface area contributed by atoms with Gasteiger partial charge in [-0.3, -0.25) is 4.99 Å². The molecule has 1 aromatic heterocycles. The van der Waals surface area contributed by atoms with E-state index in [9.17, 15) is 0 Å². The van der Waals surface area contributed by atoms with Crippen LogP contribution in [0.3, 0.4) is 0 Å². The molecule has 1 saturated heterocycles. The van der Waals surface area contributed by atoms with E-state index in [1.54, 1.807) is 0 Å². The number of aryl methyl sites for hydroxylation is 1. The lowest BCUT2D eigenvalue weighted by molar-refractivity contribution is -0.0772. The lowest BCUT2D eigenvalue weighted by Crippen LogP contribution is -2.47. The number of aliphatic imine (C=N–C) groups is 1. The summed E-state index contributed by atoms with van der Waals surface area (Å²) in [6.45, 7) is 11.4. The van der Waals surface area contributed by atoms with E-state index in [1.165, 1.54) is 9.75 Å². The number of guanidine groups is 1. The van der Waals surface area contributed by atoms with Crippen LogP contribution in [-0.4, -0.2) is 42.7 Å². The monoisotopic (exact) mass is 451 g/mol. The van der Waals surface area contributed by atoms with Crippen LogP contribution < -0.4 is 5.32 Å². The van der Waals surface area contributed by atoms with E-state index < -0.39 is 0 Å². The smallest absolute Gasteiger partial charge is 0.193 e. The summed E-state index contributed by atoms with van der Waals surface area (Å²) in [5, 5.41) is 3.48. The van der Waals surface area contributed by atoms with Gasteiger partial charge in [-0.2, -0.15) is 0 Å². The predicted molar refractivity (Wildman–Crippen MR) is 110 cm³/mol. The van der Waals surface area contributed by atoms with Gasteiger partial charge in [0, 0.05) is 29.9 Å². The first-order chi connectivity index (χ1) is 10.4. The molecule has 1 N–H and O–H groups in total. The predicted octanol–water partition coefficient (Wildman–Crippen LogP) is 4.03. The van der Waals surface area contributed by atoms with Crippen molar-refractivity contribution < 1.29 is 4.74 Å². The fraction of sp³-hybridized carbons (Fsp3) is 0.706. The number of piperidine rings is 1. The zero-order valence-corrected chi connectivity index (χ0v) is 18.0. The second-order valence-corrected chi connectivity index (χ2v) is 8.20. The number of hydrogen-bond acceptors (Lipinski definition) is 3. The maximum atomic E-state index is 6.09. The molecule has 1 fully saturated rings. The standard InChI is InChI=1S/C17H29N3OS.HI/c1-13-6-7-15(22-13)12-19-16(18-5)20-10-8-14(9-11-20)21-17(2,3)4;/h6-7,14H,8-12H2,1-5H3,(H,18,19);1H. The van der Waals surface area contributed by atoms with Crippen LogP contribution in [0.5, 0.6) is 0 Å². The van der Waals surface area contributed by atoms with E-state index in [1.807, 2.05) is 18.4 Å². The summed E-state index contributed by atoms with van der Waals surface area (Å²) >= 11 is 1.84. The van der Waals surface area contributed by atoms with Crippen molar-refractivity contribution in [2.75, 3.05) is 20.1 Å². The number of thiophene rings is 1. The third kappa shape index (κ3) is 6.97. The molecule has 0 amide bonds. The average molecular weight is 451 g/mol. The molecule has 0 aromatic carbocycles. The lowest BCUT2D eigenvalue weighted by Gasteiger charge is -2.36. The van der Waals surface area contributed by atoms with Gasteiger partial charge in [0.05, 0.1) is 18.2 Å².